The number of alkyl carbamates (subject to hydrolysis) is 1. The highest BCUT2D eigenvalue weighted by Crippen LogP contribution is 2.41. The van der Waals surface area contributed by atoms with Crippen LogP contribution in [0.3, 0.4) is 0 Å². The summed E-state index contributed by atoms with van der Waals surface area (Å²) in [5.41, 5.74) is 4.16. The number of unbranched alkanes of at least 4 members (excludes halogenated alkanes) is 1. The summed E-state index contributed by atoms with van der Waals surface area (Å²) in [5, 5.41) is 17.7. The van der Waals surface area contributed by atoms with E-state index in [9.17, 15) is 19.2 Å². The molecular formula is C45H67N7O9. The molecule has 61 heavy (non-hydrogen) atoms. The molecule has 0 saturated heterocycles. The molecule has 1 unspecified atom stereocenters. The molecular weight excluding hydrogens is 783 g/mol. The number of methoxy groups -OCH3 is 1. The van der Waals surface area contributed by atoms with Crippen molar-refractivity contribution in [3.05, 3.63) is 54.1 Å². The largest absolute Gasteiger partial charge is 0.448 e. The van der Waals surface area contributed by atoms with E-state index in [2.05, 4.69) is 54.0 Å². The van der Waals surface area contributed by atoms with Gasteiger partial charge in [-0.3, -0.25) is 14.4 Å². The lowest BCUT2D eigenvalue weighted by molar-refractivity contribution is -0.123. The first-order valence-electron chi connectivity index (χ1n) is 21.2. The average Bonchev–Trinajstić information content (AvgIpc) is 3.63. The number of hydrogen-bond donors (Lipinski definition) is 3. The number of nitrogens with zero attached hydrogens (tertiary/aromatic N) is 4. The van der Waals surface area contributed by atoms with Crippen molar-refractivity contribution in [2.24, 2.45) is 10.8 Å². The Morgan fingerprint density at radius 1 is 0.787 bits per heavy atom. The maximum atomic E-state index is 14.0. The summed E-state index contributed by atoms with van der Waals surface area (Å²) in [6, 6.07) is 15.2. The van der Waals surface area contributed by atoms with E-state index in [1.54, 1.807) is 30.7 Å². The molecule has 1 atom stereocenters. The SMILES string of the molecule is CNC(CCCCNC(=O)OCCn1nnc2c1-c1ccccc1N(C(=O)CCNC(=O)CCOCC(C)(C)COCC(C)(C)COCCOC)Cc1ccccc1-2)C(C)=O. The van der Waals surface area contributed by atoms with Gasteiger partial charge in [0.2, 0.25) is 11.8 Å². The van der Waals surface area contributed by atoms with Gasteiger partial charge in [0, 0.05) is 55.0 Å². The van der Waals surface area contributed by atoms with E-state index in [-0.39, 0.29) is 73.6 Å². The number of Topliss-reactive ketones (excluding diaryl/α,β-unsaturated/α-hetero) is 1. The van der Waals surface area contributed by atoms with Crippen molar-refractivity contribution in [2.75, 3.05) is 85.0 Å². The molecule has 0 spiro atoms. The van der Waals surface area contributed by atoms with Crippen LogP contribution in [0.15, 0.2) is 48.5 Å². The average molecular weight is 850 g/mol. The number of nitrogens with one attached hydrogen (secondary N) is 3. The minimum absolute atomic E-state index is 0.0438. The zero-order valence-corrected chi connectivity index (χ0v) is 37.2. The smallest absolute Gasteiger partial charge is 0.407 e. The van der Waals surface area contributed by atoms with Crippen LogP contribution in [0.5, 0.6) is 0 Å². The maximum absolute atomic E-state index is 14.0. The topological polar surface area (TPSA) is 184 Å². The summed E-state index contributed by atoms with van der Waals surface area (Å²) in [5.74, 6) is -0.259. The first kappa shape index (κ1) is 48.9. The predicted molar refractivity (Wildman–Crippen MR) is 233 cm³/mol. The normalized spacial score (nSPS) is 13.0. The highest BCUT2D eigenvalue weighted by molar-refractivity contribution is 6.00. The first-order chi connectivity index (χ1) is 29.2. The van der Waals surface area contributed by atoms with Gasteiger partial charge in [-0.05, 0) is 44.9 Å². The minimum Gasteiger partial charge on any atom is -0.448 e. The minimum atomic E-state index is -0.539. The van der Waals surface area contributed by atoms with Gasteiger partial charge >= 0.3 is 6.09 Å². The van der Waals surface area contributed by atoms with Crippen LogP contribution in [-0.4, -0.2) is 125 Å². The van der Waals surface area contributed by atoms with E-state index in [0.29, 0.717) is 82.6 Å². The van der Waals surface area contributed by atoms with Gasteiger partial charge in [-0.2, -0.15) is 0 Å². The molecule has 16 heteroatoms. The van der Waals surface area contributed by atoms with Crippen LogP contribution in [0.2, 0.25) is 0 Å². The van der Waals surface area contributed by atoms with E-state index in [4.69, 9.17) is 23.7 Å². The number of benzene rings is 2. The third kappa shape index (κ3) is 15.9. The maximum Gasteiger partial charge on any atom is 0.407 e. The number of fused-ring (bicyclic) bond motifs is 5. The third-order valence-corrected chi connectivity index (χ3v) is 10.2. The number of likely N-dealkylation sites (N-methyl/N-ethyl adjacent to an activating group) is 1. The Balaban J connectivity index is 1.28. The summed E-state index contributed by atoms with van der Waals surface area (Å²) in [6.45, 7) is 14.5. The van der Waals surface area contributed by atoms with Gasteiger partial charge in [0.15, 0.2) is 0 Å². The van der Waals surface area contributed by atoms with Crippen LogP contribution in [0.25, 0.3) is 22.5 Å². The van der Waals surface area contributed by atoms with Crippen molar-refractivity contribution in [1.29, 1.82) is 0 Å². The molecule has 2 heterocycles. The van der Waals surface area contributed by atoms with Crippen molar-refractivity contribution in [3.63, 3.8) is 0 Å². The van der Waals surface area contributed by atoms with Gasteiger partial charge in [0.05, 0.1) is 76.8 Å². The number of para-hydroxylation sites is 1. The van der Waals surface area contributed by atoms with Gasteiger partial charge in [-0.15, -0.1) is 5.10 Å². The summed E-state index contributed by atoms with van der Waals surface area (Å²) in [6.07, 6.45) is 1.91. The first-order valence-corrected chi connectivity index (χ1v) is 21.2. The third-order valence-electron chi connectivity index (χ3n) is 10.2. The Bertz CT molecular complexity index is 1860. The zero-order chi connectivity index (χ0) is 44.3. The fourth-order valence-corrected chi connectivity index (χ4v) is 6.91. The van der Waals surface area contributed by atoms with Crippen LogP contribution in [0, 0.1) is 10.8 Å². The number of amides is 3. The van der Waals surface area contributed by atoms with Crippen molar-refractivity contribution in [2.45, 2.75) is 85.9 Å². The second kappa shape index (κ2) is 24.6. The van der Waals surface area contributed by atoms with Crippen molar-refractivity contribution in [1.82, 2.24) is 30.9 Å². The highest BCUT2D eigenvalue weighted by Gasteiger charge is 2.29. The molecule has 1 aliphatic rings. The number of aromatic nitrogens is 3. The number of carbonyl (C=O) groups excluding carboxylic acids is 4. The van der Waals surface area contributed by atoms with Crippen LogP contribution < -0.4 is 20.9 Å². The standard InChI is InChI=1S/C45H67N7O9/c1-33(53)37(46-6)17-12-13-21-48-43(56)61-25-23-52-42-36-16-10-11-18-38(36)51(28-34-14-8-9-15-35(34)41(42)49-50-52)40(55)19-22-47-39(54)20-24-58-29-44(2,3)31-60-32-45(4,5)30-59-27-26-57-7/h8-11,14-16,18,37,46H,12-13,17,19-32H2,1-7H3,(H,47,54)(H,48,56). The molecule has 0 bridgehead atoms. The lowest BCUT2D eigenvalue weighted by Gasteiger charge is -2.29. The van der Waals surface area contributed by atoms with Crippen LogP contribution in [0.4, 0.5) is 10.5 Å². The predicted octanol–water partition coefficient (Wildman–Crippen LogP) is 5.18. The van der Waals surface area contributed by atoms with Gasteiger partial charge < -0.3 is 44.5 Å². The molecule has 336 valence electrons. The molecule has 3 amide bonds. The van der Waals surface area contributed by atoms with Crippen LogP contribution in [-0.2, 0) is 51.2 Å². The van der Waals surface area contributed by atoms with E-state index < -0.39 is 6.09 Å². The molecule has 1 aliphatic heterocycles. The summed E-state index contributed by atoms with van der Waals surface area (Å²) < 4.78 is 29.8. The molecule has 3 N–H and O–H groups in total. The second-order valence-electron chi connectivity index (χ2n) is 16.9. The van der Waals surface area contributed by atoms with Crippen LogP contribution >= 0.6 is 0 Å². The van der Waals surface area contributed by atoms with Crippen LogP contribution in [0.1, 0.15) is 72.3 Å². The van der Waals surface area contributed by atoms with Gasteiger partial charge in [-0.25, -0.2) is 9.48 Å². The Hall–Kier alpha value is -4.74. The lowest BCUT2D eigenvalue weighted by Crippen LogP contribution is -2.35. The molecule has 4 rings (SSSR count). The Labute approximate surface area is 360 Å². The molecule has 2 aromatic carbocycles. The Morgan fingerprint density at radius 2 is 1.46 bits per heavy atom. The van der Waals surface area contributed by atoms with Crippen molar-refractivity contribution in [3.8, 4) is 22.5 Å². The molecule has 0 radical (unpaired) electrons. The molecule has 3 aromatic rings. The number of anilines is 1. The van der Waals surface area contributed by atoms with Gasteiger partial charge in [-0.1, -0.05) is 75.4 Å². The second-order valence-corrected chi connectivity index (χ2v) is 16.9. The number of hydrogen-bond acceptors (Lipinski definition) is 12. The van der Waals surface area contributed by atoms with Gasteiger partial charge in [0.1, 0.15) is 18.1 Å². The molecule has 0 aliphatic carbocycles. The zero-order valence-electron chi connectivity index (χ0n) is 37.2. The number of ether oxygens (including phenoxy) is 5. The number of rotatable bonds is 27. The van der Waals surface area contributed by atoms with Crippen molar-refractivity contribution < 1.29 is 42.9 Å². The Kier molecular flexibility index (Phi) is 19.8. The highest BCUT2D eigenvalue weighted by atomic mass is 16.5. The fraction of sp³-hybridized carbons (Fsp3) is 0.600. The van der Waals surface area contributed by atoms with Crippen molar-refractivity contribution >= 4 is 29.4 Å². The van der Waals surface area contributed by atoms with E-state index >= 15 is 0 Å². The quantitative estimate of drug-likeness (QED) is 0.0857. The molecule has 0 fully saturated rings. The summed E-state index contributed by atoms with van der Waals surface area (Å²) >= 11 is 0. The lowest BCUT2D eigenvalue weighted by atomic mass is 9.94. The Morgan fingerprint density at radius 3 is 2.16 bits per heavy atom. The molecule has 0 saturated carbocycles. The summed E-state index contributed by atoms with van der Waals surface area (Å²) in [4.78, 5) is 52.6. The molecule has 16 nitrogen and oxygen atoms in total. The molecule has 1 aromatic heterocycles. The van der Waals surface area contributed by atoms with Gasteiger partial charge in [0.25, 0.3) is 0 Å². The van der Waals surface area contributed by atoms with E-state index in [1.165, 1.54) is 0 Å². The fourth-order valence-electron chi connectivity index (χ4n) is 6.91. The van der Waals surface area contributed by atoms with E-state index in [0.717, 1.165) is 23.1 Å². The number of carbonyl (C=O) groups is 4. The summed E-state index contributed by atoms with van der Waals surface area (Å²) in [7, 11) is 3.41. The number of ketones is 1. The monoisotopic (exact) mass is 850 g/mol. The van der Waals surface area contributed by atoms with E-state index in [1.807, 2.05) is 48.5 Å².